The van der Waals surface area contributed by atoms with Crippen LogP contribution in [-0.4, -0.2) is 0 Å². The molecule has 0 fully saturated rings. The van der Waals surface area contributed by atoms with E-state index in [1.54, 1.807) is 0 Å². The molecule has 0 saturated carbocycles. The topological polar surface area (TPSA) is 9.23 Å². The van der Waals surface area contributed by atoms with Crippen molar-refractivity contribution in [1.82, 2.24) is 0 Å². The zero-order valence-electron chi connectivity index (χ0n) is 11.9. The van der Waals surface area contributed by atoms with Crippen LogP contribution in [0, 0.1) is 6.92 Å². The van der Waals surface area contributed by atoms with Crippen LogP contribution < -0.4 is 4.74 Å². The van der Waals surface area contributed by atoms with Crippen molar-refractivity contribution in [2.45, 2.75) is 32.0 Å². The van der Waals surface area contributed by atoms with Gasteiger partial charge in [0.25, 0.3) is 0 Å². The van der Waals surface area contributed by atoms with E-state index in [-0.39, 0.29) is 0 Å². The first kappa shape index (κ1) is 15.6. The summed E-state index contributed by atoms with van der Waals surface area (Å²) in [7, 11) is 0. The van der Waals surface area contributed by atoms with E-state index >= 15 is 0 Å². The first-order valence-corrected chi connectivity index (χ1v) is 8.55. The Balaban J connectivity index is 2.32. The van der Waals surface area contributed by atoms with Gasteiger partial charge in [0.1, 0.15) is 11.5 Å². The Morgan fingerprint density at radius 1 is 1.10 bits per heavy atom. The molecule has 0 aliphatic carbocycles. The van der Waals surface area contributed by atoms with Crippen molar-refractivity contribution in [2.75, 3.05) is 0 Å². The van der Waals surface area contributed by atoms with Crippen molar-refractivity contribution in [3.63, 3.8) is 0 Å². The summed E-state index contributed by atoms with van der Waals surface area (Å²) in [6.45, 7) is 6.45. The number of hydrogen-bond acceptors (Lipinski definition) is 1. The summed E-state index contributed by atoms with van der Waals surface area (Å²) >= 11 is 7.01. The van der Waals surface area contributed by atoms with Gasteiger partial charge in [0.15, 0.2) is 0 Å². The van der Waals surface area contributed by atoms with E-state index in [0.717, 1.165) is 21.3 Å². The van der Waals surface area contributed by atoms with Gasteiger partial charge in [-0.15, -0.1) is 0 Å². The van der Waals surface area contributed by atoms with Crippen molar-refractivity contribution in [3.05, 3.63) is 57.6 Å². The van der Waals surface area contributed by atoms with Crippen molar-refractivity contribution >= 4 is 31.9 Å². The Morgan fingerprint density at radius 2 is 1.85 bits per heavy atom. The summed E-state index contributed by atoms with van der Waals surface area (Å²) in [6.07, 6.45) is 0. The van der Waals surface area contributed by atoms with Crippen LogP contribution in [0.4, 0.5) is 0 Å². The Hall–Kier alpha value is -0.800. The highest BCUT2D eigenvalue weighted by molar-refractivity contribution is 9.10. The van der Waals surface area contributed by atoms with Gasteiger partial charge >= 0.3 is 0 Å². The lowest BCUT2D eigenvalue weighted by Gasteiger charge is -2.15. The average Bonchev–Trinajstić information content (AvgIpc) is 2.41. The first-order chi connectivity index (χ1) is 9.51. The van der Waals surface area contributed by atoms with Crippen LogP contribution in [-0.2, 0) is 5.33 Å². The summed E-state index contributed by atoms with van der Waals surface area (Å²) < 4.78 is 7.15. The van der Waals surface area contributed by atoms with E-state index in [9.17, 15) is 0 Å². The fourth-order valence-electron chi connectivity index (χ4n) is 2.07. The molecule has 0 spiro atoms. The largest absolute Gasteiger partial charge is 0.457 e. The number of benzene rings is 2. The molecular weight excluding hydrogens is 380 g/mol. The Kier molecular flexibility index (Phi) is 5.28. The fourth-order valence-corrected chi connectivity index (χ4v) is 3.08. The summed E-state index contributed by atoms with van der Waals surface area (Å²) in [5, 5.41) is 0.870. The quantitative estimate of drug-likeness (QED) is 0.530. The van der Waals surface area contributed by atoms with Crippen LogP contribution in [0.25, 0.3) is 0 Å². The third kappa shape index (κ3) is 3.64. The Morgan fingerprint density at radius 3 is 2.45 bits per heavy atom. The molecule has 20 heavy (non-hydrogen) atoms. The number of alkyl halides is 1. The lowest BCUT2D eigenvalue weighted by molar-refractivity contribution is 0.472. The summed E-state index contributed by atoms with van der Waals surface area (Å²) in [4.78, 5) is 0. The minimum Gasteiger partial charge on any atom is -0.457 e. The van der Waals surface area contributed by atoms with Gasteiger partial charge in [0.05, 0.1) is 0 Å². The van der Waals surface area contributed by atoms with Gasteiger partial charge in [0, 0.05) is 9.80 Å². The normalized spacial score (nSPS) is 10.9. The first-order valence-electron chi connectivity index (χ1n) is 6.64. The zero-order valence-corrected chi connectivity index (χ0v) is 15.1. The molecule has 3 heteroatoms. The van der Waals surface area contributed by atoms with E-state index in [4.69, 9.17) is 4.74 Å². The Labute approximate surface area is 137 Å². The molecule has 0 bridgehead atoms. The van der Waals surface area contributed by atoms with E-state index in [0.29, 0.717) is 5.92 Å². The summed E-state index contributed by atoms with van der Waals surface area (Å²) in [5.74, 6) is 2.23. The minimum atomic E-state index is 0.422. The van der Waals surface area contributed by atoms with Gasteiger partial charge < -0.3 is 4.74 Å². The zero-order chi connectivity index (χ0) is 14.7. The van der Waals surface area contributed by atoms with Crippen molar-refractivity contribution in [2.24, 2.45) is 0 Å². The predicted octanol–water partition coefficient (Wildman–Crippen LogP) is 6.57. The predicted molar refractivity (Wildman–Crippen MR) is 92.1 cm³/mol. The van der Waals surface area contributed by atoms with Crippen molar-refractivity contribution < 1.29 is 4.74 Å². The number of hydrogen-bond donors (Lipinski definition) is 0. The molecule has 2 aromatic rings. The van der Waals surface area contributed by atoms with E-state index < -0.39 is 0 Å². The monoisotopic (exact) mass is 396 g/mol. The maximum Gasteiger partial charge on any atom is 0.130 e. The maximum absolute atomic E-state index is 6.07. The summed E-state index contributed by atoms with van der Waals surface area (Å²) in [6, 6.07) is 12.4. The van der Waals surface area contributed by atoms with Crippen LogP contribution in [0.5, 0.6) is 11.5 Å². The molecule has 0 atom stereocenters. The van der Waals surface area contributed by atoms with Gasteiger partial charge in [-0.3, -0.25) is 0 Å². The molecule has 0 aromatic heterocycles. The number of rotatable bonds is 4. The van der Waals surface area contributed by atoms with Crippen LogP contribution in [0.1, 0.15) is 36.5 Å². The summed E-state index contributed by atoms with van der Waals surface area (Å²) in [5.41, 5.74) is 3.74. The molecule has 0 N–H and O–H groups in total. The molecule has 0 heterocycles. The molecule has 0 radical (unpaired) electrons. The highest BCUT2D eigenvalue weighted by atomic mass is 79.9. The third-order valence-corrected chi connectivity index (χ3v) is 4.38. The van der Waals surface area contributed by atoms with Gasteiger partial charge in [0.2, 0.25) is 0 Å². The van der Waals surface area contributed by atoms with Crippen LogP contribution in [0.2, 0.25) is 0 Å². The molecule has 106 valence electrons. The number of aryl methyl sites for hydroxylation is 1. The second-order valence-electron chi connectivity index (χ2n) is 5.16. The third-order valence-electron chi connectivity index (χ3n) is 3.28. The molecular formula is C17H18Br2O. The van der Waals surface area contributed by atoms with Crippen LogP contribution in [0.15, 0.2) is 40.9 Å². The van der Waals surface area contributed by atoms with Gasteiger partial charge in [-0.05, 0) is 59.9 Å². The van der Waals surface area contributed by atoms with E-state index in [2.05, 4.69) is 70.8 Å². The lowest BCUT2D eigenvalue weighted by Crippen LogP contribution is -1.95. The molecule has 0 amide bonds. The lowest BCUT2D eigenvalue weighted by atomic mass is 10.0. The maximum atomic E-state index is 6.07. The smallest absolute Gasteiger partial charge is 0.130 e. The molecule has 0 saturated heterocycles. The second kappa shape index (κ2) is 6.77. The SMILES string of the molecule is Cc1cc(Oc2ccc(Br)cc2C(C)C)ccc1CBr. The average molecular weight is 398 g/mol. The highest BCUT2D eigenvalue weighted by Gasteiger charge is 2.10. The standard InChI is InChI=1S/C17H18Br2O/c1-11(2)16-9-14(19)5-7-17(16)20-15-6-4-13(10-18)12(3)8-15/h4-9,11H,10H2,1-3H3. The van der Waals surface area contributed by atoms with Gasteiger partial charge in [-0.25, -0.2) is 0 Å². The highest BCUT2D eigenvalue weighted by Crippen LogP contribution is 2.33. The molecule has 0 aliphatic heterocycles. The van der Waals surface area contributed by atoms with Crippen LogP contribution >= 0.6 is 31.9 Å². The van der Waals surface area contributed by atoms with Crippen LogP contribution in [0.3, 0.4) is 0 Å². The van der Waals surface area contributed by atoms with Crippen molar-refractivity contribution in [1.29, 1.82) is 0 Å². The molecule has 1 nitrogen and oxygen atoms in total. The fraction of sp³-hybridized carbons (Fsp3) is 0.294. The Bertz CT molecular complexity index is 606. The molecule has 2 rings (SSSR count). The molecule has 0 aliphatic rings. The molecule has 0 unspecified atom stereocenters. The number of halogens is 2. The second-order valence-corrected chi connectivity index (χ2v) is 6.64. The van der Waals surface area contributed by atoms with Crippen molar-refractivity contribution in [3.8, 4) is 11.5 Å². The minimum absolute atomic E-state index is 0.422. The molecule has 2 aromatic carbocycles. The number of ether oxygens (including phenoxy) is 1. The van der Waals surface area contributed by atoms with E-state index in [1.165, 1.54) is 16.7 Å². The van der Waals surface area contributed by atoms with Gasteiger partial charge in [-0.1, -0.05) is 51.8 Å². The van der Waals surface area contributed by atoms with Gasteiger partial charge in [-0.2, -0.15) is 0 Å². The van der Waals surface area contributed by atoms with E-state index in [1.807, 2.05) is 18.2 Å².